The van der Waals surface area contributed by atoms with Crippen molar-refractivity contribution >= 4 is 33.2 Å². The van der Waals surface area contributed by atoms with Crippen LogP contribution in [-0.4, -0.2) is 63.1 Å². The van der Waals surface area contributed by atoms with Gasteiger partial charge in [0.15, 0.2) is 0 Å². The van der Waals surface area contributed by atoms with Crippen molar-refractivity contribution in [2.45, 2.75) is 6.04 Å². The predicted molar refractivity (Wildman–Crippen MR) is 136 cm³/mol. The van der Waals surface area contributed by atoms with Crippen LogP contribution in [0.4, 0.5) is 10.1 Å². The number of carbonyl (C=O) groups is 1. The number of benzene rings is 3. The molecular formula is C26H27ClFN3O3S. The van der Waals surface area contributed by atoms with Crippen LogP contribution in [0.2, 0.25) is 5.02 Å². The number of hydrogen-bond donors (Lipinski definition) is 0. The third-order valence-corrected chi connectivity index (χ3v) is 7.56. The van der Waals surface area contributed by atoms with Crippen molar-refractivity contribution < 1.29 is 17.6 Å². The zero-order valence-electron chi connectivity index (χ0n) is 19.3. The van der Waals surface area contributed by atoms with Crippen LogP contribution < -0.4 is 4.31 Å². The topological polar surface area (TPSA) is 60.9 Å². The Labute approximate surface area is 210 Å². The lowest BCUT2D eigenvalue weighted by atomic mass is 9.96. The molecule has 0 bridgehead atoms. The maximum absolute atomic E-state index is 13.6. The first-order valence-corrected chi connectivity index (χ1v) is 13.5. The van der Waals surface area contributed by atoms with Gasteiger partial charge in [-0.25, -0.2) is 12.8 Å². The quantitative estimate of drug-likeness (QED) is 0.473. The minimum atomic E-state index is -3.78. The van der Waals surface area contributed by atoms with E-state index < -0.39 is 15.8 Å². The number of sulfonamides is 1. The van der Waals surface area contributed by atoms with Crippen molar-refractivity contribution in [2.24, 2.45) is 0 Å². The average molecular weight is 516 g/mol. The molecule has 1 aliphatic rings. The van der Waals surface area contributed by atoms with Gasteiger partial charge in [-0.3, -0.25) is 14.0 Å². The molecule has 0 atom stereocenters. The molecule has 0 N–H and O–H groups in total. The Morgan fingerprint density at radius 1 is 0.943 bits per heavy atom. The molecule has 1 fully saturated rings. The fraction of sp³-hybridized carbons (Fsp3) is 0.269. The van der Waals surface area contributed by atoms with E-state index in [2.05, 4.69) is 29.2 Å². The molecule has 0 unspecified atom stereocenters. The molecule has 184 valence electrons. The number of amides is 1. The fourth-order valence-corrected chi connectivity index (χ4v) is 5.39. The van der Waals surface area contributed by atoms with Gasteiger partial charge in [0.05, 0.1) is 23.0 Å². The van der Waals surface area contributed by atoms with Crippen molar-refractivity contribution in [1.82, 2.24) is 9.80 Å². The molecule has 35 heavy (non-hydrogen) atoms. The van der Waals surface area contributed by atoms with Crippen molar-refractivity contribution in [3.63, 3.8) is 0 Å². The standard InChI is InChI=1S/C26H27ClFN3O3S/c1-35(33,34)31(22-12-13-24(28)23(27)18-22)19-25(32)29-14-16-30(17-15-29)26(20-8-4-2-5-9-20)21-10-6-3-7-11-21/h2-13,18,26H,14-17,19H2,1H3. The summed E-state index contributed by atoms with van der Waals surface area (Å²) in [7, 11) is -3.78. The second-order valence-corrected chi connectivity index (χ2v) is 10.8. The molecule has 4 rings (SSSR count). The van der Waals surface area contributed by atoms with Crippen LogP contribution in [0.5, 0.6) is 0 Å². The number of hydrogen-bond acceptors (Lipinski definition) is 4. The molecule has 0 radical (unpaired) electrons. The predicted octanol–water partition coefficient (Wildman–Crippen LogP) is 4.18. The summed E-state index contributed by atoms with van der Waals surface area (Å²) in [4.78, 5) is 17.1. The molecule has 0 saturated carbocycles. The van der Waals surface area contributed by atoms with E-state index in [1.54, 1.807) is 4.90 Å². The Kier molecular flexibility index (Phi) is 7.74. The van der Waals surface area contributed by atoms with Gasteiger partial charge in [-0.1, -0.05) is 72.3 Å². The maximum Gasteiger partial charge on any atom is 0.243 e. The Balaban J connectivity index is 1.48. The third kappa shape index (κ3) is 6.01. The molecule has 1 amide bonds. The molecule has 1 saturated heterocycles. The van der Waals surface area contributed by atoms with Crippen LogP contribution in [0.1, 0.15) is 17.2 Å². The summed E-state index contributed by atoms with van der Waals surface area (Å²) in [6, 6.07) is 24.1. The third-order valence-electron chi connectivity index (χ3n) is 6.13. The van der Waals surface area contributed by atoms with Crippen LogP contribution in [0.15, 0.2) is 78.9 Å². The van der Waals surface area contributed by atoms with Gasteiger partial charge in [0.2, 0.25) is 15.9 Å². The highest BCUT2D eigenvalue weighted by Crippen LogP contribution is 2.30. The van der Waals surface area contributed by atoms with E-state index in [0.717, 1.165) is 16.6 Å². The van der Waals surface area contributed by atoms with E-state index in [4.69, 9.17) is 11.6 Å². The maximum atomic E-state index is 13.6. The van der Waals surface area contributed by atoms with E-state index in [1.165, 1.54) is 23.3 Å². The zero-order valence-corrected chi connectivity index (χ0v) is 20.9. The van der Waals surface area contributed by atoms with Crippen molar-refractivity contribution in [3.05, 3.63) is 101 Å². The first kappa shape index (κ1) is 25.2. The molecule has 1 heterocycles. The highest BCUT2D eigenvalue weighted by molar-refractivity contribution is 7.92. The van der Waals surface area contributed by atoms with Crippen LogP contribution in [-0.2, 0) is 14.8 Å². The minimum Gasteiger partial charge on any atom is -0.339 e. The summed E-state index contributed by atoms with van der Waals surface area (Å²) in [6.45, 7) is 1.85. The van der Waals surface area contributed by atoms with E-state index in [-0.39, 0.29) is 29.2 Å². The second-order valence-electron chi connectivity index (χ2n) is 8.51. The summed E-state index contributed by atoms with van der Waals surface area (Å²) >= 11 is 5.84. The summed E-state index contributed by atoms with van der Waals surface area (Å²) in [6.07, 6.45) is 1.01. The molecule has 3 aromatic rings. The molecular weight excluding hydrogens is 489 g/mol. The SMILES string of the molecule is CS(=O)(=O)N(CC(=O)N1CCN(C(c2ccccc2)c2ccccc2)CC1)c1ccc(F)c(Cl)c1. The van der Waals surface area contributed by atoms with Gasteiger partial charge in [-0.2, -0.15) is 0 Å². The highest BCUT2D eigenvalue weighted by atomic mass is 35.5. The number of rotatable bonds is 7. The average Bonchev–Trinajstić information content (AvgIpc) is 2.85. The summed E-state index contributed by atoms with van der Waals surface area (Å²) in [5.41, 5.74) is 2.50. The van der Waals surface area contributed by atoms with E-state index in [9.17, 15) is 17.6 Å². The Hall–Kier alpha value is -2.94. The van der Waals surface area contributed by atoms with Gasteiger partial charge in [0.25, 0.3) is 0 Å². The largest absolute Gasteiger partial charge is 0.339 e. The van der Waals surface area contributed by atoms with Gasteiger partial charge in [-0.15, -0.1) is 0 Å². The van der Waals surface area contributed by atoms with Gasteiger partial charge < -0.3 is 4.90 Å². The van der Waals surface area contributed by atoms with Crippen LogP contribution in [0.3, 0.4) is 0 Å². The van der Waals surface area contributed by atoms with Crippen molar-refractivity contribution in [3.8, 4) is 0 Å². The molecule has 9 heteroatoms. The summed E-state index contributed by atoms with van der Waals surface area (Å²) in [5, 5.41) is -0.204. The number of carbonyl (C=O) groups excluding carboxylic acids is 1. The first-order valence-electron chi connectivity index (χ1n) is 11.3. The fourth-order valence-electron chi connectivity index (χ4n) is 4.38. The minimum absolute atomic E-state index is 0.0588. The highest BCUT2D eigenvalue weighted by Gasteiger charge is 2.30. The number of nitrogens with zero attached hydrogens (tertiary/aromatic N) is 3. The number of halogens is 2. The number of anilines is 1. The Morgan fingerprint density at radius 3 is 1.97 bits per heavy atom. The van der Waals surface area contributed by atoms with Gasteiger partial charge in [-0.05, 0) is 29.3 Å². The summed E-state index contributed by atoms with van der Waals surface area (Å²) in [5.74, 6) is -0.968. The van der Waals surface area contributed by atoms with Gasteiger partial charge in [0.1, 0.15) is 12.4 Å². The second kappa shape index (κ2) is 10.8. The molecule has 1 aliphatic heterocycles. The number of piperazine rings is 1. The Morgan fingerprint density at radius 2 is 1.49 bits per heavy atom. The lowest BCUT2D eigenvalue weighted by Crippen LogP contribution is -2.52. The van der Waals surface area contributed by atoms with Crippen LogP contribution in [0.25, 0.3) is 0 Å². The van der Waals surface area contributed by atoms with Gasteiger partial charge >= 0.3 is 0 Å². The van der Waals surface area contributed by atoms with E-state index in [1.807, 2.05) is 36.4 Å². The molecule has 0 aliphatic carbocycles. The summed E-state index contributed by atoms with van der Waals surface area (Å²) < 4.78 is 39.4. The molecule has 0 aromatic heterocycles. The molecule has 0 spiro atoms. The van der Waals surface area contributed by atoms with Crippen LogP contribution >= 0.6 is 11.6 Å². The van der Waals surface area contributed by atoms with E-state index in [0.29, 0.717) is 26.2 Å². The lowest BCUT2D eigenvalue weighted by Gasteiger charge is -2.40. The smallest absolute Gasteiger partial charge is 0.243 e. The Bertz CT molecular complexity index is 1230. The monoisotopic (exact) mass is 515 g/mol. The van der Waals surface area contributed by atoms with Crippen molar-refractivity contribution in [2.75, 3.05) is 43.3 Å². The van der Waals surface area contributed by atoms with Gasteiger partial charge in [0, 0.05) is 26.2 Å². The normalized spacial score (nSPS) is 14.8. The molecule has 3 aromatic carbocycles. The zero-order chi connectivity index (χ0) is 25.0. The van der Waals surface area contributed by atoms with Crippen molar-refractivity contribution in [1.29, 1.82) is 0 Å². The van der Waals surface area contributed by atoms with E-state index >= 15 is 0 Å². The molecule has 6 nitrogen and oxygen atoms in total. The van der Waals surface area contributed by atoms with Crippen LogP contribution in [0, 0.1) is 5.82 Å². The lowest BCUT2D eigenvalue weighted by molar-refractivity contribution is -0.131. The first-order chi connectivity index (χ1) is 16.7.